The number of benzene rings is 1. The van der Waals surface area contributed by atoms with E-state index in [1.54, 1.807) is 0 Å². The van der Waals surface area contributed by atoms with Gasteiger partial charge in [-0.25, -0.2) is 0 Å². The average molecular weight is 228 g/mol. The Morgan fingerprint density at radius 2 is 1.94 bits per heavy atom. The van der Waals surface area contributed by atoms with Gasteiger partial charge in [-0.15, -0.1) is 0 Å². The van der Waals surface area contributed by atoms with E-state index in [-0.39, 0.29) is 5.92 Å². The van der Waals surface area contributed by atoms with Gasteiger partial charge in [0, 0.05) is 12.3 Å². The summed E-state index contributed by atoms with van der Waals surface area (Å²) in [6, 6.07) is 10.4. The van der Waals surface area contributed by atoms with E-state index in [4.69, 9.17) is 0 Å². The van der Waals surface area contributed by atoms with Crippen molar-refractivity contribution in [1.29, 1.82) is 0 Å². The molecule has 0 spiro atoms. The Kier molecular flexibility index (Phi) is 3.46. The Hall–Kier alpha value is -1.37. The molecule has 1 nitrogen and oxygen atoms in total. The Morgan fingerprint density at radius 3 is 2.53 bits per heavy atom. The summed E-state index contributed by atoms with van der Waals surface area (Å²) in [5.74, 6) is 1.26. The molecule has 0 heterocycles. The second kappa shape index (κ2) is 4.87. The van der Waals surface area contributed by atoms with Gasteiger partial charge in [-0.3, -0.25) is 4.79 Å². The SMILES string of the molecule is C=C(C)[C@@H]1CC(=O)[C@H](C)[C@@H](c2ccccc2)C1. The predicted molar refractivity (Wildman–Crippen MR) is 70.9 cm³/mol. The highest BCUT2D eigenvalue weighted by molar-refractivity contribution is 5.83. The fourth-order valence-corrected chi connectivity index (χ4v) is 2.75. The number of rotatable bonds is 2. The van der Waals surface area contributed by atoms with Crippen molar-refractivity contribution in [3.05, 3.63) is 48.0 Å². The van der Waals surface area contributed by atoms with Gasteiger partial charge in [0.15, 0.2) is 0 Å². The van der Waals surface area contributed by atoms with E-state index < -0.39 is 0 Å². The molecule has 90 valence electrons. The van der Waals surface area contributed by atoms with Crippen molar-refractivity contribution in [3.63, 3.8) is 0 Å². The summed E-state index contributed by atoms with van der Waals surface area (Å²) in [4.78, 5) is 12.1. The molecule has 0 saturated heterocycles. The highest BCUT2D eigenvalue weighted by Gasteiger charge is 2.34. The Labute approximate surface area is 104 Å². The summed E-state index contributed by atoms with van der Waals surface area (Å²) in [6.07, 6.45) is 1.74. The summed E-state index contributed by atoms with van der Waals surface area (Å²) in [7, 11) is 0. The first-order valence-electron chi connectivity index (χ1n) is 6.32. The molecule has 1 aliphatic rings. The van der Waals surface area contributed by atoms with Crippen LogP contribution in [0.1, 0.15) is 38.2 Å². The summed E-state index contributed by atoms with van der Waals surface area (Å²) < 4.78 is 0. The molecule has 0 amide bonds. The number of ketones is 1. The van der Waals surface area contributed by atoms with Gasteiger partial charge in [0.05, 0.1) is 0 Å². The number of carbonyl (C=O) groups excluding carboxylic acids is 1. The molecule has 0 aliphatic heterocycles. The van der Waals surface area contributed by atoms with Gasteiger partial charge in [0.2, 0.25) is 0 Å². The minimum atomic E-state index is 0.146. The Bertz CT molecular complexity index is 418. The molecule has 0 unspecified atom stereocenters. The number of Topliss-reactive ketones (excluding diaryl/α,β-unsaturated/α-hetero) is 1. The van der Waals surface area contributed by atoms with Gasteiger partial charge < -0.3 is 0 Å². The number of hydrogen-bond donors (Lipinski definition) is 0. The van der Waals surface area contributed by atoms with E-state index in [0.29, 0.717) is 24.0 Å². The zero-order valence-corrected chi connectivity index (χ0v) is 10.6. The third-order valence-electron chi connectivity index (χ3n) is 4.02. The maximum atomic E-state index is 12.1. The molecule has 17 heavy (non-hydrogen) atoms. The van der Waals surface area contributed by atoms with Crippen LogP contribution >= 0.6 is 0 Å². The van der Waals surface area contributed by atoms with Crippen LogP contribution in [0.15, 0.2) is 42.5 Å². The normalized spacial score (nSPS) is 29.1. The lowest BCUT2D eigenvalue weighted by Crippen LogP contribution is -2.30. The van der Waals surface area contributed by atoms with Gasteiger partial charge in [0.1, 0.15) is 5.78 Å². The third kappa shape index (κ3) is 2.49. The smallest absolute Gasteiger partial charge is 0.136 e. The van der Waals surface area contributed by atoms with E-state index in [0.717, 1.165) is 12.0 Å². The summed E-state index contributed by atoms with van der Waals surface area (Å²) >= 11 is 0. The predicted octanol–water partition coefficient (Wildman–Crippen LogP) is 3.96. The standard InChI is InChI=1S/C16H20O/c1-11(2)14-9-15(12(3)16(17)10-14)13-7-5-4-6-8-13/h4-8,12,14-15H,1,9-10H2,2-3H3/t12-,14+,15+/m1/s1. The van der Waals surface area contributed by atoms with Crippen LogP contribution in [-0.4, -0.2) is 5.78 Å². The van der Waals surface area contributed by atoms with Gasteiger partial charge in [0.25, 0.3) is 0 Å². The molecule has 0 aromatic heterocycles. The first-order chi connectivity index (χ1) is 8.09. The molecule has 3 atom stereocenters. The summed E-state index contributed by atoms with van der Waals surface area (Å²) in [5, 5.41) is 0. The van der Waals surface area contributed by atoms with Crippen LogP contribution in [0.4, 0.5) is 0 Å². The van der Waals surface area contributed by atoms with Crippen LogP contribution < -0.4 is 0 Å². The van der Waals surface area contributed by atoms with Crippen LogP contribution in [0, 0.1) is 11.8 Å². The first kappa shape index (κ1) is 12.1. The van der Waals surface area contributed by atoms with Gasteiger partial charge in [-0.05, 0) is 30.7 Å². The number of allylic oxidation sites excluding steroid dienone is 1. The molecule has 2 rings (SSSR count). The van der Waals surface area contributed by atoms with Gasteiger partial charge in [-0.1, -0.05) is 49.4 Å². The highest BCUT2D eigenvalue weighted by Crippen LogP contribution is 2.40. The second-order valence-corrected chi connectivity index (χ2v) is 5.26. The van der Waals surface area contributed by atoms with Crippen LogP contribution in [0.25, 0.3) is 0 Å². The molecule has 1 aromatic rings. The minimum Gasteiger partial charge on any atom is -0.299 e. The molecular weight excluding hydrogens is 208 g/mol. The van der Waals surface area contributed by atoms with Gasteiger partial charge in [-0.2, -0.15) is 0 Å². The maximum Gasteiger partial charge on any atom is 0.136 e. The molecular formula is C16H20O. The molecule has 1 saturated carbocycles. The number of hydrogen-bond acceptors (Lipinski definition) is 1. The van der Waals surface area contributed by atoms with E-state index >= 15 is 0 Å². The van der Waals surface area contributed by atoms with E-state index in [9.17, 15) is 4.79 Å². The lowest BCUT2D eigenvalue weighted by molar-refractivity contribution is -0.125. The second-order valence-electron chi connectivity index (χ2n) is 5.26. The van der Waals surface area contributed by atoms with E-state index in [1.165, 1.54) is 5.56 Å². The van der Waals surface area contributed by atoms with E-state index in [2.05, 4.69) is 37.8 Å². The highest BCUT2D eigenvalue weighted by atomic mass is 16.1. The zero-order valence-electron chi connectivity index (χ0n) is 10.6. The van der Waals surface area contributed by atoms with Crippen molar-refractivity contribution in [2.75, 3.05) is 0 Å². The van der Waals surface area contributed by atoms with Crippen LogP contribution in [0.2, 0.25) is 0 Å². The fraction of sp³-hybridized carbons (Fsp3) is 0.438. The molecule has 0 bridgehead atoms. The van der Waals surface area contributed by atoms with Crippen molar-refractivity contribution < 1.29 is 4.79 Å². The largest absolute Gasteiger partial charge is 0.299 e. The molecule has 0 radical (unpaired) electrons. The van der Waals surface area contributed by atoms with E-state index in [1.807, 2.05) is 13.0 Å². The maximum absolute atomic E-state index is 12.1. The van der Waals surface area contributed by atoms with Crippen molar-refractivity contribution in [2.45, 2.75) is 32.6 Å². The average Bonchev–Trinajstić information content (AvgIpc) is 2.33. The summed E-state index contributed by atoms with van der Waals surface area (Å²) in [5.41, 5.74) is 2.44. The number of carbonyl (C=O) groups is 1. The Morgan fingerprint density at radius 1 is 1.29 bits per heavy atom. The van der Waals surface area contributed by atoms with Crippen LogP contribution in [-0.2, 0) is 4.79 Å². The molecule has 1 heteroatoms. The van der Waals surface area contributed by atoms with Crippen molar-refractivity contribution in [2.24, 2.45) is 11.8 Å². The van der Waals surface area contributed by atoms with Gasteiger partial charge >= 0.3 is 0 Å². The topological polar surface area (TPSA) is 17.1 Å². The van der Waals surface area contributed by atoms with Crippen LogP contribution in [0.5, 0.6) is 0 Å². The summed E-state index contributed by atoms with van der Waals surface area (Å²) in [6.45, 7) is 8.12. The monoisotopic (exact) mass is 228 g/mol. The quantitative estimate of drug-likeness (QED) is 0.700. The van der Waals surface area contributed by atoms with Crippen molar-refractivity contribution in [1.82, 2.24) is 0 Å². The van der Waals surface area contributed by atoms with Crippen LogP contribution in [0.3, 0.4) is 0 Å². The molecule has 1 aliphatic carbocycles. The lowest BCUT2D eigenvalue weighted by atomic mass is 9.69. The van der Waals surface area contributed by atoms with Crippen molar-refractivity contribution in [3.8, 4) is 0 Å². The molecule has 1 aromatic carbocycles. The third-order valence-corrected chi connectivity index (χ3v) is 4.02. The molecule has 1 fully saturated rings. The zero-order chi connectivity index (χ0) is 12.4. The lowest BCUT2D eigenvalue weighted by Gasteiger charge is -2.34. The Balaban J connectivity index is 2.26. The fourth-order valence-electron chi connectivity index (χ4n) is 2.75. The molecule has 0 N–H and O–H groups in total. The minimum absolute atomic E-state index is 0.146. The van der Waals surface area contributed by atoms with Crippen molar-refractivity contribution >= 4 is 5.78 Å². The first-order valence-corrected chi connectivity index (χ1v) is 6.32.